The zero-order valence-corrected chi connectivity index (χ0v) is 15.9. The van der Waals surface area contributed by atoms with Gasteiger partial charge < -0.3 is 8.98 Å². The molecule has 2 heterocycles. The van der Waals surface area contributed by atoms with E-state index < -0.39 is 4.92 Å². The molecule has 0 fully saturated rings. The first-order valence-electron chi connectivity index (χ1n) is 8.55. The van der Waals surface area contributed by atoms with Crippen LogP contribution in [-0.4, -0.2) is 14.5 Å². The number of hydrogen-bond donors (Lipinski definition) is 0. The number of aryl methyl sites for hydroxylation is 1. The Morgan fingerprint density at radius 2 is 2.07 bits per heavy atom. The van der Waals surface area contributed by atoms with Crippen molar-refractivity contribution in [3.8, 4) is 17.4 Å². The Morgan fingerprint density at radius 3 is 2.79 bits per heavy atom. The molecular formula is C21H13ClN4O3. The van der Waals surface area contributed by atoms with Crippen LogP contribution in [-0.2, 0) is 7.05 Å². The van der Waals surface area contributed by atoms with Crippen LogP contribution in [0.2, 0.25) is 5.02 Å². The van der Waals surface area contributed by atoms with E-state index in [1.807, 2.05) is 35.9 Å². The highest BCUT2D eigenvalue weighted by Gasteiger charge is 2.19. The molecular weight excluding hydrogens is 392 g/mol. The number of fused-ring (bicyclic) bond motifs is 1. The minimum atomic E-state index is -0.514. The van der Waals surface area contributed by atoms with Crippen LogP contribution in [0.3, 0.4) is 0 Å². The third-order valence-electron chi connectivity index (χ3n) is 4.48. The molecule has 2 aromatic carbocycles. The fraction of sp³-hybridized carbons (Fsp3) is 0.0476. The third kappa shape index (κ3) is 3.37. The second kappa shape index (κ2) is 7.26. The number of nitro benzene ring substituents is 1. The highest BCUT2D eigenvalue weighted by Crippen LogP contribution is 2.34. The Kier molecular flexibility index (Phi) is 4.63. The second-order valence-corrected chi connectivity index (χ2v) is 6.71. The van der Waals surface area contributed by atoms with Crippen LogP contribution in [0, 0.1) is 21.4 Å². The lowest BCUT2D eigenvalue weighted by Crippen LogP contribution is -1.95. The fourth-order valence-corrected chi connectivity index (χ4v) is 3.28. The summed E-state index contributed by atoms with van der Waals surface area (Å²) in [5.41, 5.74) is 2.15. The molecule has 0 saturated carbocycles. The van der Waals surface area contributed by atoms with E-state index in [9.17, 15) is 15.4 Å². The molecule has 29 heavy (non-hydrogen) atoms. The predicted molar refractivity (Wildman–Crippen MR) is 110 cm³/mol. The Bertz CT molecular complexity index is 1330. The normalized spacial score (nSPS) is 11.6. The number of furan rings is 1. The van der Waals surface area contributed by atoms with Gasteiger partial charge in [-0.15, -0.1) is 0 Å². The molecule has 0 radical (unpaired) electrons. The zero-order chi connectivity index (χ0) is 20.5. The average Bonchev–Trinajstić information content (AvgIpc) is 3.31. The predicted octanol–water partition coefficient (Wildman–Crippen LogP) is 5.46. The van der Waals surface area contributed by atoms with Gasteiger partial charge in [-0.05, 0) is 36.4 Å². The van der Waals surface area contributed by atoms with Gasteiger partial charge >= 0.3 is 0 Å². The van der Waals surface area contributed by atoms with Crippen molar-refractivity contribution in [2.24, 2.45) is 7.05 Å². The van der Waals surface area contributed by atoms with Crippen molar-refractivity contribution >= 4 is 40.0 Å². The van der Waals surface area contributed by atoms with E-state index >= 15 is 0 Å². The van der Waals surface area contributed by atoms with Gasteiger partial charge in [0, 0.05) is 24.2 Å². The SMILES string of the molecule is Cn1c(/C(C#N)=C/c2ccc(-c3ccc(Cl)cc3[N+](=O)[O-])o2)nc2ccccc21. The number of halogens is 1. The fourth-order valence-electron chi connectivity index (χ4n) is 3.11. The van der Waals surface area contributed by atoms with E-state index in [4.69, 9.17) is 16.0 Å². The summed E-state index contributed by atoms with van der Waals surface area (Å²) in [7, 11) is 1.83. The largest absolute Gasteiger partial charge is 0.456 e. The minimum Gasteiger partial charge on any atom is -0.456 e. The van der Waals surface area contributed by atoms with Crippen molar-refractivity contribution in [1.82, 2.24) is 9.55 Å². The van der Waals surface area contributed by atoms with E-state index in [-0.39, 0.29) is 10.7 Å². The number of allylic oxidation sites excluding steroid dienone is 1. The van der Waals surface area contributed by atoms with Crippen LogP contribution >= 0.6 is 11.6 Å². The van der Waals surface area contributed by atoms with E-state index in [0.29, 0.717) is 28.5 Å². The van der Waals surface area contributed by atoms with Crippen LogP contribution in [0.4, 0.5) is 5.69 Å². The van der Waals surface area contributed by atoms with E-state index in [1.165, 1.54) is 12.1 Å². The summed E-state index contributed by atoms with van der Waals surface area (Å²) >= 11 is 5.87. The topological polar surface area (TPSA) is 97.9 Å². The molecule has 8 heteroatoms. The van der Waals surface area contributed by atoms with Crippen LogP contribution in [0.15, 0.2) is 59.0 Å². The summed E-state index contributed by atoms with van der Waals surface area (Å²) < 4.78 is 7.59. The number of nitriles is 1. The van der Waals surface area contributed by atoms with E-state index in [1.54, 1.807) is 24.3 Å². The number of para-hydroxylation sites is 2. The molecule has 142 valence electrons. The summed E-state index contributed by atoms with van der Waals surface area (Å²) in [5, 5.41) is 21.2. The lowest BCUT2D eigenvalue weighted by molar-refractivity contribution is -0.384. The second-order valence-electron chi connectivity index (χ2n) is 6.27. The van der Waals surface area contributed by atoms with Crippen molar-refractivity contribution in [3.63, 3.8) is 0 Å². The molecule has 0 aliphatic heterocycles. The van der Waals surface area contributed by atoms with Gasteiger partial charge in [-0.3, -0.25) is 10.1 Å². The molecule has 4 aromatic rings. The molecule has 0 amide bonds. The van der Waals surface area contributed by atoms with E-state index in [0.717, 1.165) is 11.0 Å². The molecule has 7 nitrogen and oxygen atoms in total. The van der Waals surface area contributed by atoms with Gasteiger partial charge in [0.25, 0.3) is 5.69 Å². The smallest absolute Gasteiger partial charge is 0.281 e. The number of rotatable bonds is 4. The summed E-state index contributed by atoms with van der Waals surface area (Å²) in [6, 6.07) is 17.4. The minimum absolute atomic E-state index is 0.154. The van der Waals surface area contributed by atoms with Gasteiger partial charge in [-0.2, -0.15) is 5.26 Å². The Labute approximate surface area is 170 Å². The third-order valence-corrected chi connectivity index (χ3v) is 4.72. The van der Waals surface area contributed by atoms with Crippen LogP contribution < -0.4 is 0 Å². The standard InChI is InChI=1S/C21H13ClN4O3/c1-25-18-5-3-2-4-17(18)24-21(25)13(12-23)10-15-7-9-20(29-15)16-8-6-14(22)11-19(16)26(27)28/h2-11H,1H3/b13-10+. The zero-order valence-electron chi connectivity index (χ0n) is 15.2. The quantitative estimate of drug-likeness (QED) is 0.255. The first-order valence-corrected chi connectivity index (χ1v) is 8.93. The van der Waals surface area contributed by atoms with Crippen LogP contribution in [0.25, 0.3) is 34.0 Å². The van der Waals surface area contributed by atoms with Gasteiger partial charge in [-0.25, -0.2) is 4.98 Å². The summed E-state index contributed by atoms with van der Waals surface area (Å²) in [6.07, 6.45) is 1.56. The van der Waals surface area contributed by atoms with Gasteiger partial charge in [0.2, 0.25) is 0 Å². The first-order chi connectivity index (χ1) is 14.0. The molecule has 0 unspecified atom stereocenters. The van der Waals surface area contributed by atoms with Crippen molar-refractivity contribution in [2.45, 2.75) is 0 Å². The maximum absolute atomic E-state index is 11.3. The van der Waals surface area contributed by atoms with E-state index in [2.05, 4.69) is 11.1 Å². The summed E-state index contributed by atoms with van der Waals surface area (Å²) in [4.78, 5) is 15.3. The molecule has 0 spiro atoms. The average molecular weight is 405 g/mol. The lowest BCUT2D eigenvalue weighted by atomic mass is 10.1. The number of nitro groups is 1. The van der Waals surface area contributed by atoms with Gasteiger partial charge in [0.1, 0.15) is 17.6 Å². The molecule has 4 rings (SSSR count). The van der Waals surface area contributed by atoms with Crippen molar-refractivity contribution in [2.75, 3.05) is 0 Å². The van der Waals surface area contributed by atoms with Crippen LogP contribution in [0.1, 0.15) is 11.6 Å². The summed E-state index contributed by atoms with van der Waals surface area (Å²) in [6.45, 7) is 0. The Hall–Kier alpha value is -3.89. The number of imidazole rings is 1. The van der Waals surface area contributed by atoms with Gasteiger partial charge in [-0.1, -0.05) is 23.7 Å². The van der Waals surface area contributed by atoms with Crippen molar-refractivity contribution in [3.05, 3.63) is 81.3 Å². The van der Waals surface area contributed by atoms with Crippen molar-refractivity contribution in [1.29, 1.82) is 5.26 Å². The lowest BCUT2D eigenvalue weighted by Gasteiger charge is -2.01. The Balaban J connectivity index is 1.76. The summed E-state index contributed by atoms with van der Waals surface area (Å²) in [5.74, 6) is 1.19. The first kappa shape index (κ1) is 18.5. The van der Waals surface area contributed by atoms with Gasteiger partial charge in [0.05, 0.1) is 27.1 Å². The molecule has 0 N–H and O–H groups in total. The number of aromatic nitrogens is 2. The molecule has 0 saturated heterocycles. The Morgan fingerprint density at radius 1 is 1.28 bits per heavy atom. The maximum atomic E-state index is 11.3. The highest BCUT2D eigenvalue weighted by atomic mass is 35.5. The number of hydrogen-bond acceptors (Lipinski definition) is 5. The van der Waals surface area contributed by atoms with Gasteiger partial charge in [0.15, 0.2) is 5.82 Å². The van der Waals surface area contributed by atoms with Crippen LogP contribution in [0.5, 0.6) is 0 Å². The van der Waals surface area contributed by atoms with Crippen molar-refractivity contribution < 1.29 is 9.34 Å². The number of nitrogens with zero attached hydrogens (tertiary/aromatic N) is 4. The maximum Gasteiger partial charge on any atom is 0.281 e. The molecule has 0 bridgehead atoms. The monoisotopic (exact) mass is 404 g/mol. The highest BCUT2D eigenvalue weighted by molar-refractivity contribution is 6.30. The molecule has 0 aliphatic carbocycles. The molecule has 2 aromatic heterocycles. The molecule has 0 atom stereocenters. The molecule has 0 aliphatic rings. The number of benzene rings is 2.